The lowest BCUT2D eigenvalue weighted by Gasteiger charge is -2.29. The zero-order chi connectivity index (χ0) is 12.3. The molecule has 0 aliphatic rings. The van der Waals surface area contributed by atoms with Gasteiger partial charge in [-0.3, -0.25) is 9.59 Å². The Morgan fingerprint density at radius 2 is 1.79 bits per heavy atom. The van der Waals surface area contributed by atoms with Crippen LogP contribution in [-0.2, 0) is 14.3 Å². The molecule has 0 aliphatic heterocycles. The minimum atomic E-state index is -0.876. The summed E-state index contributed by atoms with van der Waals surface area (Å²) in [6.07, 6.45) is 0.268. The first-order chi connectivity index (χ1) is 6.67. The Bertz CT molecular complexity index is 232. The molecule has 14 heavy (non-hydrogen) atoms. The molecule has 0 aromatic rings. The molecular formula is C10H18O4. The normalized spacial score (nSPS) is 13.1. The highest BCUT2D eigenvalue weighted by Crippen LogP contribution is 2.34. The van der Waals surface area contributed by atoms with E-state index in [1.807, 2.05) is 0 Å². The van der Waals surface area contributed by atoms with Crippen LogP contribution in [0.3, 0.4) is 0 Å². The van der Waals surface area contributed by atoms with E-state index in [1.54, 1.807) is 27.7 Å². The number of carbonyl (C=O) groups excluding carboxylic acids is 1. The molecule has 82 valence electrons. The largest absolute Gasteiger partial charge is 0.481 e. The molecule has 0 spiro atoms. The van der Waals surface area contributed by atoms with Crippen LogP contribution in [0.4, 0.5) is 0 Å². The first-order valence-electron chi connectivity index (χ1n) is 4.84. The number of hydrogen-bond acceptors (Lipinski definition) is 4. The Morgan fingerprint density at radius 3 is 2.14 bits per heavy atom. The van der Waals surface area contributed by atoms with Crippen molar-refractivity contribution >= 4 is 11.9 Å². The molecule has 0 saturated carbocycles. The van der Waals surface area contributed by atoms with Crippen molar-refractivity contribution in [2.45, 2.75) is 34.1 Å². The van der Waals surface area contributed by atoms with Crippen LogP contribution in [-0.4, -0.2) is 24.2 Å². The first kappa shape index (κ1) is 11.0. The maximum atomic E-state index is 11.4. The van der Waals surface area contributed by atoms with Gasteiger partial charge in [0, 0.05) is 0 Å². The van der Waals surface area contributed by atoms with Gasteiger partial charge in [0.05, 0.1) is 17.9 Å². The van der Waals surface area contributed by atoms with Crippen LogP contribution in [0.1, 0.15) is 34.1 Å². The van der Waals surface area contributed by atoms with E-state index >= 15 is 0 Å². The SMILES string of the molecule is [3H]OC(=O)C(C)(C)CC(C)(C)C(=O)OC. The number of aliphatic carboxylic acids is 1. The summed E-state index contributed by atoms with van der Waals surface area (Å²) < 4.78 is 11.2. The van der Waals surface area contributed by atoms with Gasteiger partial charge in [0.15, 0.2) is 0 Å². The topological polar surface area (TPSA) is 63.6 Å². The minimum Gasteiger partial charge on any atom is -0.481 e. The van der Waals surface area contributed by atoms with E-state index in [0.29, 0.717) is 0 Å². The molecule has 0 aromatic carbocycles. The standard InChI is InChI=1S/C10H18O4/c1-9(2,7(11)12)6-10(3,4)8(13)14-5/h6H2,1-5H3,(H,11,12)/i/hT. The highest BCUT2D eigenvalue weighted by molar-refractivity contribution is 5.79. The molecule has 0 aromatic heterocycles. The third-order valence-electron chi connectivity index (χ3n) is 2.17. The van der Waals surface area contributed by atoms with E-state index < -0.39 is 16.8 Å². The average molecular weight is 204 g/mol. The van der Waals surface area contributed by atoms with Gasteiger partial charge in [-0.05, 0) is 34.1 Å². The fraction of sp³-hybridized carbons (Fsp3) is 0.800. The smallest absolute Gasteiger partial charge is 0.311 e. The number of methoxy groups -OCH3 is 1. The zero-order valence-electron chi connectivity index (χ0n) is 10.3. The number of carbonyl (C=O) groups is 2. The number of ether oxygens (including phenoxy) is 1. The zero-order valence-corrected chi connectivity index (χ0v) is 9.34. The highest BCUT2D eigenvalue weighted by atomic mass is 16.5. The first-order valence-corrected chi connectivity index (χ1v) is 4.43. The Labute approximate surface area is 85.7 Å². The summed E-state index contributed by atoms with van der Waals surface area (Å²) >= 11 is 0. The van der Waals surface area contributed by atoms with Crippen molar-refractivity contribution in [3.63, 3.8) is 0 Å². The van der Waals surface area contributed by atoms with Crippen molar-refractivity contribution in [2.24, 2.45) is 10.8 Å². The third-order valence-corrected chi connectivity index (χ3v) is 2.17. The van der Waals surface area contributed by atoms with Crippen LogP contribution >= 0.6 is 0 Å². The highest BCUT2D eigenvalue weighted by Gasteiger charge is 2.39. The summed E-state index contributed by atoms with van der Waals surface area (Å²) in [5.74, 6) is -1.03. The van der Waals surface area contributed by atoms with E-state index in [9.17, 15) is 9.59 Å². The van der Waals surface area contributed by atoms with Gasteiger partial charge in [-0.25, -0.2) is 0 Å². The van der Waals surface area contributed by atoms with E-state index in [0.717, 1.165) is 0 Å². The molecule has 0 heterocycles. The van der Waals surface area contributed by atoms with Crippen molar-refractivity contribution in [3.05, 3.63) is 0 Å². The van der Waals surface area contributed by atoms with E-state index in [-0.39, 0.29) is 12.4 Å². The lowest BCUT2D eigenvalue weighted by Crippen LogP contribution is -2.35. The van der Waals surface area contributed by atoms with Crippen LogP contribution in [0.5, 0.6) is 0 Å². The lowest BCUT2D eigenvalue weighted by molar-refractivity contribution is -0.156. The second-order valence-electron chi connectivity index (χ2n) is 4.72. The number of carboxylic acid groups (broad SMARTS) is 1. The molecule has 0 radical (unpaired) electrons. The number of carboxylic acids is 1. The summed E-state index contributed by atoms with van der Waals surface area (Å²) in [6, 6.07) is 0. The van der Waals surface area contributed by atoms with Crippen molar-refractivity contribution in [1.82, 2.24) is 0 Å². The van der Waals surface area contributed by atoms with Crippen molar-refractivity contribution in [1.29, 1.82) is 1.43 Å². The van der Waals surface area contributed by atoms with Crippen LogP contribution in [0.2, 0.25) is 0 Å². The van der Waals surface area contributed by atoms with E-state index in [2.05, 4.69) is 9.85 Å². The second-order valence-corrected chi connectivity index (χ2v) is 4.72. The summed E-state index contributed by atoms with van der Waals surface area (Å²) in [6.45, 7) is 6.65. The van der Waals surface area contributed by atoms with Gasteiger partial charge in [-0.15, -0.1) is 0 Å². The Morgan fingerprint density at radius 1 is 1.29 bits per heavy atom. The van der Waals surface area contributed by atoms with Gasteiger partial charge in [-0.2, -0.15) is 0 Å². The van der Waals surface area contributed by atoms with Gasteiger partial charge in [0.1, 0.15) is 0 Å². The third kappa shape index (κ3) is 3.01. The molecule has 0 unspecified atom stereocenters. The molecule has 0 saturated heterocycles. The number of rotatable bonds is 4. The monoisotopic (exact) mass is 204 g/mol. The molecule has 4 nitrogen and oxygen atoms in total. The van der Waals surface area contributed by atoms with E-state index in [4.69, 9.17) is 1.43 Å². The molecule has 0 atom stereocenters. The summed E-state index contributed by atoms with van der Waals surface area (Å²) in [5.41, 5.74) is -1.65. The van der Waals surface area contributed by atoms with Crippen LogP contribution < -0.4 is 0 Å². The van der Waals surface area contributed by atoms with Crippen LogP contribution in [0, 0.1) is 10.8 Å². The van der Waals surface area contributed by atoms with Gasteiger partial charge < -0.3 is 9.85 Å². The van der Waals surface area contributed by atoms with Gasteiger partial charge in [0.2, 0.25) is 0 Å². The fourth-order valence-corrected chi connectivity index (χ4v) is 1.53. The average Bonchev–Trinajstić information content (AvgIpc) is 2.13. The second kappa shape index (κ2) is 3.98. The van der Waals surface area contributed by atoms with Crippen LogP contribution in [0.15, 0.2) is 0 Å². The maximum absolute atomic E-state index is 11.4. The van der Waals surface area contributed by atoms with Gasteiger partial charge in [0.25, 0.3) is 1.43 Å². The maximum Gasteiger partial charge on any atom is 0.311 e. The minimum absolute atomic E-state index is 0.268. The lowest BCUT2D eigenvalue weighted by atomic mass is 9.75. The molecule has 4 heteroatoms. The molecule has 0 bridgehead atoms. The molecule has 1 N–H and O–H groups in total. The molecule has 0 aliphatic carbocycles. The summed E-state index contributed by atoms with van der Waals surface area (Å²) in [7, 11) is 1.31. The Balaban J connectivity index is 4.71. The summed E-state index contributed by atoms with van der Waals surface area (Å²) in [5, 5.41) is 3.93. The summed E-state index contributed by atoms with van der Waals surface area (Å²) in [4.78, 5) is 22.7. The van der Waals surface area contributed by atoms with Crippen molar-refractivity contribution < 1.29 is 19.4 Å². The van der Waals surface area contributed by atoms with Gasteiger partial charge in [-0.1, -0.05) is 0 Å². The molecule has 0 amide bonds. The van der Waals surface area contributed by atoms with Crippen LogP contribution in [0.25, 0.3) is 1.43 Å². The Hall–Kier alpha value is -1.06. The predicted molar refractivity (Wildman–Crippen MR) is 51.8 cm³/mol. The fourth-order valence-electron chi connectivity index (χ4n) is 1.53. The Kier molecular flexibility index (Phi) is 3.13. The predicted octanol–water partition coefficient (Wildman–Crippen LogP) is 1.69. The quantitative estimate of drug-likeness (QED) is 0.708. The number of esters is 1. The molecule has 0 rings (SSSR count). The van der Waals surface area contributed by atoms with E-state index in [1.165, 1.54) is 7.11 Å². The molecule has 0 fully saturated rings. The van der Waals surface area contributed by atoms with Crippen molar-refractivity contribution in [3.8, 4) is 0 Å². The number of hydrogen-bond donors (Lipinski definition) is 1. The van der Waals surface area contributed by atoms with Crippen molar-refractivity contribution in [2.75, 3.05) is 7.11 Å². The molecular weight excluding hydrogens is 184 g/mol. The van der Waals surface area contributed by atoms with Gasteiger partial charge >= 0.3 is 11.9 Å².